The van der Waals surface area contributed by atoms with Crippen LogP contribution in [0, 0.1) is 35.4 Å². The predicted molar refractivity (Wildman–Crippen MR) is 156 cm³/mol. The summed E-state index contributed by atoms with van der Waals surface area (Å²) >= 11 is 0. The molecule has 4 atom stereocenters. The number of likely N-dealkylation sites (N-methyl/N-ethyl adjacent to an activating group) is 1. The van der Waals surface area contributed by atoms with E-state index >= 15 is 4.39 Å². The molecule has 0 heterocycles. The SMILES string of the molecule is CO[C@@]12CC(C(N)=O)=C(O)[C@@H](N(C)C)[C@@H]1C[C@@H]1Cc3c(F)c(CNC45CC6CC(CC(C6)C4)C5)cc(O)c3C(O)=C1C2=O. The van der Waals surface area contributed by atoms with Crippen LogP contribution in [-0.4, -0.2) is 70.3 Å². The van der Waals surface area contributed by atoms with Gasteiger partial charge in [-0.1, -0.05) is 0 Å². The number of amides is 1. The second-order valence-corrected chi connectivity index (χ2v) is 14.5. The molecule has 1 aromatic carbocycles. The Morgan fingerprint density at radius 1 is 1.12 bits per heavy atom. The molecule has 0 aromatic heterocycles. The fraction of sp³-hybridized carbons (Fsp3) is 0.636. The second-order valence-electron chi connectivity index (χ2n) is 14.5. The van der Waals surface area contributed by atoms with Gasteiger partial charge in [-0.3, -0.25) is 14.5 Å². The molecule has 7 aliphatic carbocycles. The number of phenolic OH excluding ortho intramolecular Hbond substituents is 1. The monoisotopic (exact) mass is 595 g/mol. The molecule has 1 amide bonds. The zero-order valence-corrected chi connectivity index (χ0v) is 25.1. The molecule has 0 saturated heterocycles. The molecule has 5 saturated carbocycles. The minimum absolute atomic E-state index is 0.0165. The molecule has 0 unspecified atom stereocenters. The maximum absolute atomic E-state index is 16.3. The quantitative estimate of drug-likeness (QED) is 0.335. The summed E-state index contributed by atoms with van der Waals surface area (Å²) in [6, 6.07) is 0.620. The lowest BCUT2D eigenvalue weighted by molar-refractivity contribution is -0.157. The zero-order valence-electron chi connectivity index (χ0n) is 25.1. The van der Waals surface area contributed by atoms with Crippen molar-refractivity contribution in [3.05, 3.63) is 45.5 Å². The van der Waals surface area contributed by atoms with Gasteiger partial charge in [-0.15, -0.1) is 0 Å². The van der Waals surface area contributed by atoms with Crippen molar-refractivity contribution in [2.45, 2.75) is 81.5 Å². The molecule has 0 spiro atoms. The Morgan fingerprint density at radius 3 is 2.30 bits per heavy atom. The van der Waals surface area contributed by atoms with E-state index in [0.717, 1.165) is 37.0 Å². The lowest BCUT2D eigenvalue weighted by Gasteiger charge is -2.57. The fourth-order valence-electron chi connectivity index (χ4n) is 10.5. The van der Waals surface area contributed by atoms with Gasteiger partial charge in [0, 0.05) is 48.2 Å². The van der Waals surface area contributed by atoms with Crippen LogP contribution in [0.1, 0.15) is 68.1 Å². The molecule has 8 rings (SSSR count). The van der Waals surface area contributed by atoms with Crippen LogP contribution in [0.15, 0.2) is 23.0 Å². The number of hydrogen-bond acceptors (Lipinski definition) is 8. The van der Waals surface area contributed by atoms with Crippen molar-refractivity contribution in [3.63, 3.8) is 0 Å². The van der Waals surface area contributed by atoms with E-state index in [1.165, 1.54) is 32.4 Å². The Labute approximate surface area is 251 Å². The molecule has 6 N–H and O–H groups in total. The summed E-state index contributed by atoms with van der Waals surface area (Å²) in [4.78, 5) is 28.3. The standard InChI is InChI=1S/C33H42FN3O6/c1-37(2)27-22-8-18-7-20-25(29(40)24(18)30(41)33(22,43-3)13-21(28(27)39)31(35)42)23(38)9-19(26(20)34)14-36-32-10-15-4-16(11-32)6-17(5-15)12-32/h9,15-18,22,27,36,38-40H,4-8,10-14H2,1-3H3,(H2,35,42)/t15?,16?,17?,18-,22-,27-,32?,33-/m0/s1. The van der Waals surface area contributed by atoms with Crippen molar-refractivity contribution in [2.75, 3.05) is 21.2 Å². The van der Waals surface area contributed by atoms with E-state index < -0.39 is 46.7 Å². The third-order valence-corrected chi connectivity index (χ3v) is 11.9. The van der Waals surface area contributed by atoms with Crippen LogP contribution in [0.3, 0.4) is 0 Å². The smallest absolute Gasteiger partial charge is 0.248 e. The van der Waals surface area contributed by atoms with Crippen LogP contribution < -0.4 is 11.1 Å². The highest BCUT2D eigenvalue weighted by Crippen LogP contribution is 2.57. The van der Waals surface area contributed by atoms with Gasteiger partial charge in [-0.05, 0) is 95.2 Å². The summed E-state index contributed by atoms with van der Waals surface area (Å²) in [7, 11) is 4.83. The third-order valence-electron chi connectivity index (χ3n) is 11.9. The number of methoxy groups -OCH3 is 1. The van der Waals surface area contributed by atoms with E-state index in [2.05, 4.69) is 5.32 Å². The van der Waals surface area contributed by atoms with Gasteiger partial charge in [0.25, 0.3) is 0 Å². The van der Waals surface area contributed by atoms with E-state index in [9.17, 15) is 24.9 Å². The highest BCUT2D eigenvalue weighted by molar-refractivity contribution is 6.10. The summed E-state index contributed by atoms with van der Waals surface area (Å²) in [5.74, 6) is -1.73. The highest BCUT2D eigenvalue weighted by atomic mass is 19.1. The molecule has 232 valence electrons. The molecule has 10 heteroatoms. The van der Waals surface area contributed by atoms with Gasteiger partial charge in [0.05, 0.1) is 17.2 Å². The average Bonchev–Trinajstić information content (AvgIpc) is 2.93. The number of nitrogens with two attached hydrogens (primary N) is 1. The minimum atomic E-state index is -1.57. The normalized spacial score (nSPS) is 37.9. The molecule has 9 nitrogen and oxygen atoms in total. The number of fused-ring (bicyclic) bond motifs is 3. The number of ether oxygens (including phenoxy) is 1. The molecule has 0 aliphatic heterocycles. The first-order chi connectivity index (χ1) is 20.4. The van der Waals surface area contributed by atoms with Crippen LogP contribution in [0.5, 0.6) is 5.75 Å². The lowest BCUT2D eigenvalue weighted by atomic mass is 9.53. The number of primary amides is 1. The maximum Gasteiger partial charge on any atom is 0.248 e. The second kappa shape index (κ2) is 9.78. The molecule has 7 aliphatic rings. The molecule has 4 bridgehead atoms. The van der Waals surface area contributed by atoms with E-state index in [0.29, 0.717) is 5.56 Å². The van der Waals surface area contributed by atoms with Crippen molar-refractivity contribution in [1.29, 1.82) is 0 Å². The molecule has 1 aromatic rings. The number of aliphatic hydroxyl groups is 2. The third kappa shape index (κ3) is 4.12. The number of carbonyl (C=O) groups is 2. The molecule has 5 fully saturated rings. The number of nitrogens with one attached hydrogen (secondary N) is 1. The zero-order chi connectivity index (χ0) is 30.6. The number of phenols is 1. The van der Waals surface area contributed by atoms with Crippen LogP contribution in [0.4, 0.5) is 4.39 Å². The molecule has 0 radical (unpaired) electrons. The number of benzene rings is 1. The van der Waals surface area contributed by atoms with Gasteiger partial charge in [0.1, 0.15) is 28.7 Å². The Hall–Kier alpha value is -2.95. The summed E-state index contributed by atoms with van der Waals surface area (Å²) in [6.07, 6.45) is 7.41. The summed E-state index contributed by atoms with van der Waals surface area (Å²) in [5, 5.41) is 37.4. The van der Waals surface area contributed by atoms with Gasteiger partial charge in [0.15, 0.2) is 5.78 Å². The first kappa shape index (κ1) is 28.8. The van der Waals surface area contributed by atoms with Gasteiger partial charge >= 0.3 is 0 Å². The Morgan fingerprint density at radius 2 is 1.74 bits per heavy atom. The summed E-state index contributed by atoms with van der Waals surface area (Å²) in [6.45, 7) is 0.284. The van der Waals surface area contributed by atoms with Gasteiger partial charge < -0.3 is 31.1 Å². The number of hydrogen-bond donors (Lipinski definition) is 5. The van der Waals surface area contributed by atoms with Crippen molar-refractivity contribution in [3.8, 4) is 5.75 Å². The van der Waals surface area contributed by atoms with Crippen LogP contribution in [0.2, 0.25) is 0 Å². The fourth-order valence-corrected chi connectivity index (χ4v) is 10.5. The topological polar surface area (TPSA) is 145 Å². The molecule has 43 heavy (non-hydrogen) atoms. The molecular formula is C33H42FN3O6. The van der Waals surface area contributed by atoms with Gasteiger partial charge in [-0.25, -0.2) is 4.39 Å². The van der Waals surface area contributed by atoms with Crippen molar-refractivity contribution >= 4 is 17.4 Å². The Kier molecular flexibility index (Phi) is 6.55. The first-order valence-corrected chi connectivity index (χ1v) is 15.6. The summed E-state index contributed by atoms with van der Waals surface area (Å²) < 4.78 is 22.2. The first-order valence-electron chi connectivity index (χ1n) is 15.6. The van der Waals surface area contributed by atoms with Crippen LogP contribution >= 0.6 is 0 Å². The minimum Gasteiger partial charge on any atom is -0.510 e. The lowest BCUT2D eigenvalue weighted by Crippen LogP contribution is -2.63. The van der Waals surface area contributed by atoms with Gasteiger partial charge in [0.2, 0.25) is 5.91 Å². The molecular weight excluding hydrogens is 553 g/mol. The van der Waals surface area contributed by atoms with E-state index in [1.54, 1.807) is 19.0 Å². The number of aliphatic hydroxyl groups excluding tert-OH is 2. The van der Waals surface area contributed by atoms with Crippen molar-refractivity contribution < 1.29 is 34.0 Å². The number of Topliss-reactive ketones (excluding diaryl/α,β-unsaturated/α-hetero) is 1. The highest BCUT2D eigenvalue weighted by Gasteiger charge is 2.61. The Bertz CT molecular complexity index is 1450. The summed E-state index contributed by atoms with van der Waals surface area (Å²) in [5.41, 5.74) is 4.50. The average molecular weight is 596 g/mol. The largest absolute Gasteiger partial charge is 0.510 e. The van der Waals surface area contributed by atoms with Crippen molar-refractivity contribution in [2.24, 2.45) is 35.3 Å². The van der Waals surface area contributed by atoms with E-state index in [-0.39, 0.29) is 65.1 Å². The van der Waals surface area contributed by atoms with Gasteiger partial charge in [-0.2, -0.15) is 0 Å². The maximum atomic E-state index is 16.3. The number of nitrogens with zero attached hydrogens (tertiary/aromatic N) is 1. The van der Waals surface area contributed by atoms with E-state index in [4.69, 9.17) is 10.5 Å². The number of aromatic hydroxyl groups is 1. The number of carbonyl (C=O) groups excluding carboxylic acids is 2. The number of ketones is 1. The van der Waals surface area contributed by atoms with E-state index in [1.807, 2.05) is 0 Å². The number of rotatable bonds is 6. The predicted octanol–water partition coefficient (Wildman–Crippen LogP) is 3.64. The van der Waals surface area contributed by atoms with Crippen LogP contribution in [-0.2, 0) is 27.3 Å². The Balaban J connectivity index is 1.24. The van der Waals surface area contributed by atoms with Crippen LogP contribution in [0.25, 0.3) is 5.76 Å². The van der Waals surface area contributed by atoms with Crippen molar-refractivity contribution in [1.82, 2.24) is 10.2 Å². The number of halogens is 1.